The molecule has 0 unspecified atom stereocenters. The van der Waals surface area contributed by atoms with E-state index < -0.39 is 0 Å². The molecule has 0 radical (unpaired) electrons. The van der Waals surface area contributed by atoms with Gasteiger partial charge in [0.1, 0.15) is 0 Å². The van der Waals surface area contributed by atoms with Gasteiger partial charge in [-0.05, 0) is 60.0 Å². The van der Waals surface area contributed by atoms with Crippen molar-refractivity contribution in [1.29, 1.82) is 0 Å². The van der Waals surface area contributed by atoms with E-state index in [-0.39, 0.29) is 5.41 Å². The van der Waals surface area contributed by atoms with Crippen LogP contribution >= 0.6 is 0 Å². The minimum Gasteiger partial charge on any atom is -0.247 e. The van der Waals surface area contributed by atoms with Gasteiger partial charge in [0, 0.05) is 38.1 Å². The van der Waals surface area contributed by atoms with E-state index in [4.69, 9.17) is 9.97 Å². The van der Waals surface area contributed by atoms with Crippen LogP contribution in [-0.2, 0) is 5.41 Å². The minimum absolute atomic E-state index is 0.161. The van der Waals surface area contributed by atoms with Crippen LogP contribution in [-0.4, -0.2) is 9.97 Å². The number of benzene rings is 6. The van der Waals surface area contributed by atoms with E-state index in [2.05, 4.69) is 161 Å². The van der Waals surface area contributed by atoms with Gasteiger partial charge in [0.2, 0.25) is 0 Å². The molecule has 2 nitrogen and oxygen atoms in total. The summed E-state index contributed by atoms with van der Waals surface area (Å²) in [6.07, 6.45) is 0. The number of aryl methyl sites for hydroxylation is 2. The SMILES string of the molecule is Cc1ccc2ccc3ccc(-c4ccc(C(C)(C)c5ccc(-c6ccc7ccc8ccc(C)cc8c7n6)cc5)cc4)nc3c2c1. The summed E-state index contributed by atoms with van der Waals surface area (Å²) in [7, 11) is 0. The van der Waals surface area contributed by atoms with Crippen molar-refractivity contribution in [3.8, 4) is 22.5 Å². The number of rotatable bonds is 4. The van der Waals surface area contributed by atoms with E-state index >= 15 is 0 Å². The maximum absolute atomic E-state index is 5.14. The lowest BCUT2D eigenvalue weighted by Gasteiger charge is -2.26. The predicted octanol–water partition coefficient (Wildman–Crippen LogP) is 11.4. The van der Waals surface area contributed by atoms with E-state index in [0.717, 1.165) is 33.5 Å². The lowest BCUT2D eigenvalue weighted by atomic mass is 9.77. The average Bonchev–Trinajstić information content (AvgIpc) is 3.08. The summed E-state index contributed by atoms with van der Waals surface area (Å²) in [6, 6.07) is 48.3. The molecule has 6 aromatic carbocycles. The molecule has 0 saturated heterocycles. The van der Waals surface area contributed by atoms with Crippen molar-refractivity contribution < 1.29 is 0 Å². The van der Waals surface area contributed by atoms with Gasteiger partial charge in [-0.3, -0.25) is 0 Å². The molecule has 45 heavy (non-hydrogen) atoms. The van der Waals surface area contributed by atoms with Crippen LogP contribution in [0.3, 0.4) is 0 Å². The molecule has 0 aliphatic carbocycles. The van der Waals surface area contributed by atoms with Crippen LogP contribution in [0, 0.1) is 13.8 Å². The molecule has 8 aromatic rings. The lowest BCUT2D eigenvalue weighted by Crippen LogP contribution is -2.18. The maximum atomic E-state index is 5.14. The summed E-state index contributed by atoms with van der Waals surface area (Å²) in [4.78, 5) is 10.3. The van der Waals surface area contributed by atoms with E-state index in [0.29, 0.717) is 0 Å². The van der Waals surface area contributed by atoms with Gasteiger partial charge >= 0.3 is 0 Å². The van der Waals surface area contributed by atoms with Crippen molar-refractivity contribution in [3.63, 3.8) is 0 Å². The summed E-state index contributed by atoms with van der Waals surface area (Å²) >= 11 is 0. The molecule has 0 aliphatic heterocycles. The number of hydrogen-bond acceptors (Lipinski definition) is 2. The van der Waals surface area contributed by atoms with Crippen LogP contribution in [0.25, 0.3) is 65.9 Å². The molecule has 0 N–H and O–H groups in total. The summed E-state index contributed by atoms with van der Waals surface area (Å²) in [5.74, 6) is 0. The zero-order valence-corrected chi connectivity index (χ0v) is 26.1. The molecule has 2 aromatic heterocycles. The summed E-state index contributed by atoms with van der Waals surface area (Å²) in [5, 5.41) is 7.19. The van der Waals surface area contributed by atoms with Crippen molar-refractivity contribution in [1.82, 2.24) is 9.97 Å². The molecular formula is C43H34N2. The Labute approximate surface area is 264 Å². The fourth-order valence-corrected chi connectivity index (χ4v) is 6.64. The van der Waals surface area contributed by atoms with E-state index in [9.17, 15) is 0 Å². The first-order chi connectivity index (χ1) is 21.8. The second-order valence-corrected chi connectivity index (χ2v) is 12.9. The average molecular weight is 579 g/mol. The molecule has 216 valence electrons. The fraction of sp³-hybridized carbons (Fsp3) is 0.116. The van der Waals surface area contributed by atoms with Gasteiger partial charge in [0.05, 0.1) is 22.4 Å². The molecule has 0 saturated carbocycles. The number of nitrogens with zero attached hydrogens (tertiary/aromatic N) is 2. The van der Waals surface area contributed by atoms with Crippen LogP contribution in [0.4, 0.5) is 0 Å². The fourth-order valence-electron chi connectivity index (χ4n) is 6.64. The number of hydrogen-bond donors (Lipinski definition) is 0. The summed E-state index contributed by atoms with van der Waals surface area (Å²) in [6.45, 7) is 8.86. The van der Waals surface area contributed by atoms with Crippen molar-refractivity contribution in [2.45, 2.75) is 33.1 Å². The van der Waals surface area contributed by atoms with Gasteiger partial charge in [-0.1, -0.05) is 134 Å². The van der Waals surface area contributed by atoms with Crippen molar-refractivity contribution in [2.75, 3.05) is 0 Å². The van der Waals surface area contributed by atoms with E-state index in [1.807, 2.05) is 0 Å². The largest absolute Gasteiger partial charge is 0.247 e. The molecule has 2 heterocycles. The summed E-state index contributed by atoms with van der Waals surface area (Å²) < 4.78 is 0. The smallest absolute Gasteiger partial charge is 0.0787 e. The highest BCUT2D eigenvalue weighted by Gasteiger charge is 2.23. The molecule has 8 rings (SSSR count). The minimum atomic E-state index is -0.161. The van der Waals surface area contributed by atoms with E-state index in [1.165, 1.54) is 54.6 Å². The van der Waals surface area contributed by atoms with Crippen LogP contribution in [0.5, 0.6) is 0 Å². The highest BCUT2D eigenvalue weighted by Crippen LogP contribution is 2.35. The monoisotopic (exact) mass is 578 g/mol. The topological polar surface area (TPSA) is 25.8 Å². The van der Waals surface area contributed by atoms with Gasteiger partial charge in [-0.2, -0.15) is 0 Å². The van der Waals surface area contributed by atoms with E-state index in [1.54, 1.807) is 0 Å². The lowest BCUT2D eigenvalue weighted by molar-refractivity contribution is 0.641. The first-order valence-electron chi connectivity index (χ1n) is 15.7. The number of aromatic nitrogens is 2. The van der Waals surface area contributed by atoms with Crippen LogP contribution in [0.2, 0.25) is 0 Å². The Hall–Kier alpha value is -5.34. The third-order valence-electron chi connectivity index (χ3n) is 9.47. The van der Waals surface area contributed by atoms with Gasteiger partial charge in [-0.15, -0.1) is 0 Å². The number of pyridine rings is 2. The Morgan fingerprint density at radius 3 is 1.18 bits per heavy atom. The second kappa shape index (κ2) is 10.4. The van der Waals surface area contributed by atoms with Crippen molar-refractivity contribution in [2.24, 2.45) is 0 Å². The Morgan fingerprint density at radius 2 is 0.756 bits per heavy atom. The zero-order chi connectivity index (χ0) is 30.7. The third-order valence-corrected chi connectivity index (χ3v) is 9.47. The maximum Gasteiger partial charge on any atom is 0.0787 e. The van der Waals surface area contributed by atoms with Crippen LogP contribution in [0.15, 0.2) is 133 Å². The molecule has 0 atom stereocenters. The molecule has 0 amide bonds. The number of fused-ring (bicyclic) bond motifs is 6. The summed E-state index contributed by atoms with van der Waals surface area (Å²) in [5.41, 5.74) is 11.2. The molecule has 0 fully saturated rings. The normalized spacial score (nSPS) is 12.0. The molecule has 0 spiro atoms. The van der Waals surface area contributed by atoms with Crippen LogP contribution in [0.1, 0.15) is 36.1 Å². The Balaban J connectivity index is 1.09. The first-order valence-corrected chi connectivity index (χ1v) is 15.7. The molecule has 0 aliphatic rings. The standard InChI is InChI=1S/C43H34N2/c1-27-5-7-29-9-11-33-17-23-39(44-41(33)37(29)25-27)31-13-19-35(20-14-31)43(3,4)36-21-15-32(16-22-36)40-24-18-34-12-10-30-8-6-28(2)26-38(30)42(34)45-40/h5-26H,1-4H3. The quantitative estimate of drug-likeness (QED) is 0.194. The third kappa shape index (κ3) is 4.74. The van der Waals surface area contributed by atoms with Crippen molar-refractivity contribution in [3.05, 3.63) is 156 Å². The van der Waals surface area contributed by atoms with Crippen molar-refractivity contribution >= 4 is 43.4 Å². The van der Waals surface area contributed by atoms with Gasteiger partial charge in [0.25, 0.3) is 0 Å². The Bertz CT molecular complexity index is 2230. The molecule has 0 bridgehead atoms. The highest BCUT2D eigenvalue weighted by molar-refractivity contribution is 6.07. The highest BCUT2D eigenvalue weighted by atomic mass is 14.7. The van der Waals surface area contributed by atoms with Gasteiger partial charge in [0.15, 0.2) is 0 Å². The second-order valence-electron chi connectivity index (χ2n) is 12.9. The van der Waals surface area contributed by atoms with Gasteiger partial charge in [-0.25, -0.2) is 9.97 Å². The van der Waals surface area contributed by atoms with Gasteiger partial charge < -0.3 is 0 Å². The Kier molecular flexibility index (Phi) is 6.28. The zero-order valence-electron chi connectivity index (χ0n) is 26.1. The molecule has 2 heteroatoms. The first kappa shape index (κ1) is 27.2. The van der Waals surface area contributed by atoms with Crippen LogP contribution < -0.4 is 0 Å². The molecular weight excluding hydrogens is 544 g/mol. The Morgan fingerprint density at radius 1 is 0.400 bits per heavy atom. The predicted molar refractivity (Wildman–Crippen MR) is 191 cm³/mol.